The summed E-state index contributed by atoms with van der Waals surface area (Å²) in [7, 11) is -5.96. The van der Waals surface area contributed by atoms with E-state index in [0.717, 1.165) is 23.6 Å². The number of sulfone groups is 1. The zero-order chi connectivity index (χ0) is 20.5. The molecule has 2 aromatic carbocycles. The first kappa shape index (κ1) is 20.1. The number of rotatable bonds is 6. The molecule has 0 amide bonds. The molecule has 3 rings (SSSR count). The summed E-state index contributed by atoms with van der Waals surface area (Å²) in [5.74, 6) is 0. The van der Waals surface area contributed by atoms with Crippen molar-refractivity contribution in [2.45, 2.75) is 16.3 Å². The topological polar surface area (TPSA) is 115 Å². The van der Waals surface area contributed by atoms with E-state index >= 15 is 0 Å². The molecule has 0 unspecified atom stereocenters. The van der Waals surface area contributed by atoms with E-state index < -0.39 is 19.9 Å². The first-order valence-electron chi connectivity index (χ1n) is 8.23. The largest absolute Gasteiger partial charge is 0.369 e. The first-order chi connectivity index (χ1) is 13.1. The Kier molecular flexibility index (Phi) is 5.28. The number of nitrogens with zero attached hydrogens (tertiary/aromatic N) is 3. The van der Waals surface area contributed by atoms with Crippen molar-refractivity contribution in [3.8, 4) is 5.69 Å². The van der Waals surface area contributed by atoms with E-state index in [-0.39, 0.29) is 9.79 Å². The summed E-state index contributed by atoms with van der Waals surface area (Å²) < 4.78 is 49.3. The maximum absolute atomic E-state index is 12.2. The van der Waals surface area contributed by atoms with Crippen LogP contribution in [0.2, 0.25) is 0 Å². The number of para-hydroxylation sites is 1. The molecule has 1 heterocycles. The summed E-state index contributed by atoms with van der Waals surface area (Å²) in [6.45, 7) is 0.379. The molecule has 0 spiro atoms. The molecule has 0 saturated carbocycles. The van der Waals surface area contributed by atoms with Gasteiger partial charge >= 0.3 is 0 Å². The molecule has 2 N–H and O–H groups in total. The molecule has 0 saturated heterocycles. The Hall–Kier alpha value is -2.69. The second kappa shape index (κ2) is 7.38. The number of aromatic nitrogens is 2. The highest BCUT2D eigenvalue weighted by molar-refractivity contribution is 7.91. The first-order valence-corrected chi connectivity index (χ1v) is 11.7. The van der Waals surface area contributed by atoms with Gasteiger partial charge in [-0.1, -0.05) is 18.2 Å². The van der Waals surface area contributed by atoms with Crippen LogP contribution in [0.1, 0.15) is 5.56 Å². The molecule has 0 aliphatic heterocycles. The predicted molar refractivity (Wildman–Crippen MR) is 107 cm³/mol. The zero-order valence-electron chi connectivity index (χ0n) is 15.3. The van der Waals surface area contributed by atoms with Crippen molar-refractivity contribution in [1.82, 2.24) is 9.78 Å². The highest BCUT2D eigenvalue weighted by Crippen LogP contribution is 2.28. The van der Waals surface area contributed by atoms with Crippen LogP contribution in [-0.2, 0) is 26.4 Å². The number of benzene rings is 2. The number of hydrogen-bond donors (Lipinski definition) is 1. The Morgan fingerprint density at radius 2 is 1.75 bits per heavy atom. The maximum Gasteiger partial charge on any atom is 0.238 e. The minimum Gasteiger partial charge on any atom is -0.369 e. The van der Waals surface area contributed by atoms with Crippen LogP contribution < -0.4 is 10.0 Å². The molecule has 0 aliphatic rings. The van der Waals surface area contributed by atoms with Gasteiger partial charge in [-0.05, 0) is 30.3 Å². The average Bonchev–Trinajstić information content (AvgIpc) is 3.09. The molecule has 28 heavy (non-hydrogen) atoms. The van der Waals surface area contributed by atoms with Crippen LogP contribution in [-0.4, -0.2) is 39.9 Å². The van der Waals surface area contributed by atoms with Gasteiger partial charge in [0.15, 0.2) is 9.84 Å². The molecular weight excluding hydrogens is 400 g/mol. The quantitative estimate of drug-likeness (QED) is 0.647. The van der Waals surface area contributed by atoms with Crippen molar-refractivity contribution >= 4 is 25.5 Å². The van der Waals surface area contributed by atoms with Crippen LogP contribution >= 0.6 is 0 Å². The number of anilines is 1. The van der Waals surface area contributed by atoms with Crippen molar-refractivity contribution in [1.29, 1.82) is 0 Å². The summed E-state index contributed by atoms with van der Waals surface area (Å²) in [6, 6.07) is 13.4. The van der Waals surface area contributed by atoms with Crippen LogP contribution in [0.3, 0.4) is 0 Å². The van der Waals surface area contributed by atoms with E-state index in [1.807, 2.05) is 36.5 Å². The Bertz CT molecular complexity index is 1200. The van der Waals surface area contributed by atoms with Crippen molar-refractivity contribution in [2.75, 3.05) is 18.2 Å². The third-order valence-electron chi connectivity index (χ3n) is 4.15. The summed E-state index contributed by atoms with van der Waals surface area (Å²) in [6.07, 6.45) is 4.58. The molecule has 148 valence electrons. The van der Waals surface area contributed by atoms with Gasteiger partial charge in [-0.25, -0.2) is 26.7 Å². The van der Waals surface area contributed by atoms with Gasteiger partial charge in [0.25, 0.3) is 0 Å². The molecule has 10 heteroatoms. The lowest BCUT2D eigenvalue weighted by Crippen LogP contribution is -2.20. The molecule has 3 aromatic rings. The molecule has 0 radical (unpaired) electrons. The highest BCUT2D eigenvalue weighted by atomic mass is 32.2. The minimum absolute atomic E-state index is 0.100. The molecule has 1 aromatic heterocycles. The van der Waals surface area contributed by atoms with E-state index in [4.69, 9.17) is 5.14 Å². The Labute approximate surface area is 164 Å². The number of nitrogens with two attached hydrogens (primary N) is 1. The van der Waals surface area contributed by atoms with Crippen LogP contribution in [0.4, 0.5) is 5.69 Å². The average molecular weight is 421 g/mol. The third kappa shape index (κ3) is 4.41. The Morgan fingerprint density at radius 1 is 1.07 bits per heavy atom. The van der Waals surface area contributed by atoms with Crippen molar-refractivity contribution in [3.05, 3.63) is 66.5 Å². The lowest BCUT2D eigenvalue weighted by Gasteiger charge is -2.21. The van der Waals surface area contributed by atoms with E-state index in [0.29, 0.717) is 12.2 Å². The fraction of sp³-hybridized carbons (Fsp3) is 0.167. The van der Waals surface area contributed by atoms with E-state index in [9.17, 15) is 16.8 Å². The maximum atomic E-state index is 12.2. The Morgan fingerprint density at radius 3 is 2.36 bits per heavy atom. The molecule has 0 aliphatic carbocycles. The lowest BCUT2D eigenvalue weighted by atomic mass is 10.2. The molecule has 0 atom stereocenters. The lowest BCUT2D eigenvalue weighted by molar-refractivity contribution is 0.597. The molecular formula is C18H20N4O4S2. The van der Waals surface area contributed by atoms with Crippen LogP contribution in [0, 0.1) is 0 Å². The summed E-state index contributed by atoms with van der Waals surface area (Å²) >= 11 is 0. The second-order valence-electron chi connectivity index (χ2n) is 6.43. The summed E-state index contributed by atoms with van der Waals surface area (Å²) in [5.41, 5.74) is 2.15. The summed E-state index contributed by atoms with van der Waals surface area (Å²) in [4.78, 5) is 1.37. The Balaban J connectivity index is 1.93. The number of hydrogen-bond acceptors (Lipinski definition) is 6. The smallest absolute Gasteiger partial charge is 0.238 e. The summed E-state index contributed by atoms with van der Waals surface area (Å²) in [5, 5.41) is 9.46. The van der Waals surface area contributed by atoms with Gasteiger partial charge < -0.3 is 4.90 Å². The van der Waals surface area contributed by atoms with Crippen molar-refractivity contribution in [2.24, 2.45) is 5.14 Å². The second-order valence-corrected chi connectivity index (χ2v) is 9.98. The molecule has 0 bridgehead atoms. The van der Waals surface area contributed by atoms with Crippen LogP contribution in [0.15, 0.2) is 70.7 Å². The minimum atomic E-state index is -4.01. The van der Waals surface area contributed by atoms with Gasteiger partial charge in [0.05, 0.1) is 27.4 Å². The van der Waals surface area contributed by atoms with Gasteiger partial charge in [0, 0.05) is 31.6 Å². The fourth-order valence-electron chi connectivity index (χ4n) is 2.81. The standard InChI is InChI=1S/C18H20N4O4S2/c1-21(12-14-11-20-22(13-14)15-6-4-3-5-7-15)17-9-8-16(28(19,25)26)10-18(17)27(2,23)24/h3-11,13H,12H2,1-2H3,(H2,19,25,26). The molecule has 0 fully saturated rings. The normalized spacial score (nSPS) is 12.1. The van der Waals surface area contributed by atoms with Crippen LogP contribution in [0.25, 0.3) is 5.69 Å². The van der Waals surface area contributed by atoms with Gasteiger partial charge in [0.1, 0.15) is 0 Å². The number of primary sulfonamides is 1. The SMILES string of the molecule is CN(Cc1cnn(-c2ccccc2)c1)c1ccc(S(N)(=O)=O)cc1S(C)(=O)=O. The van der Waals surface area contributed by atoms with E-state index in [1.165, 1.54) is 12.1 Å². The van der Waals surface area contributed by atoms with Gasteiger partial charge in [-0.2, -0.15) is 5.10 Å². The number of sulfonamides is 1. The van der Waals surface area contributed by atoms with Crippen molar-refractivity contribution in [3.63, 3.8) is 0 Å². The van der Waals surface area contributed by atoms with Gasteiger partial charge in [0.2, 0.25) is 10.0 Å². The van der Waals surface area contributed by atoms with Gasteiger partial charge in [-0.3, -0.25) is 0 Å². The van der Waals surface area contributed by atoms with Gasteiger partial charge in [-0.15, -0.1) is 0 Å². The van der Waals surface area contributed by atoms with Crippen molar-refractivity contribution < 1.29 is 16.8 Å². The predicted octanol–water partition coefficient (Wildman–Crippen LogP) is 1.56. The van der Waals surface area contributed by atoms with E-state index in [1.54, 1.807) is 22.8 Å². The zero-order valence-corrected chi connectivity index (χ0v) is 17.0. The highest BCUT2D eigenvalue weighted by Gasteiger charge is 2.20. The molecule has 8 nitrogen and oxygen atoms in total. The van der Waals surface area contributed by atoms with E-state index in [2.05, 4.69) is 5.10 Å². The monoisotopic (exact) mass is 420 g/mol. The fourth-order valence-corrected chi connectivity index (χ4v) is 4.37. The van der Waals surface area contributed by atoms with Crippen LogP contribution in [0.5, 0.6) is 0 Å². The third-order valence-corrected chi connectivity index (χ3v) is 6.18.